The molecule has 6 rings (SSSR count). The molecule has 6 aromatic rings. The van der Waals surface area contributed by atoms with E-state index in [1.165, 1.54) is 5.56 Å². The van der Waals surface area contributed by atoms with Gasteiger partial charge in [-0.1, -0.05) is 51.1 Å². The summed E-state index contributed by atoms with van der Waals surface area (Å²) >= 11 is 0. The van der Waals surface area contributed by atoms with Crippen LogP contribution in [-0.4, -0.2) is 11.1 Å². The molecule has 0 amide bonds. The number of aromatic nitrogens is 2. The first-order chi connectivity index (χ1) is 28.8. The first-order valence-corrected chi connectivity index (χ1v) is 16.9. The summed E-state index contributed by atoms with van der Waals surface area (Å²) in [6, 6.07) is 10.5. The summed E-state index contributed by atoms with van der Waals surface area (Å²) in [7, 11) is 0. The van der Waals surface area contributed by atoms with Crippen molar-refractivity contribution in [2.45, 2.75) is 32.7 Å². The molecule has 0 saturated heterocycles. The molecule has 0 radical (unpaired) electrons. The highest BCUT2D eigenvalue weighted by Crippen LogP contribution is 2.31. The van der Waals surface area contributed by atoms with Crippen molar-refractivity contribution in [3.63, 3.8) is 0 Å². The molecule has 0 bridgehead atoms. The number of nitrogens with zero attached hydrogens (tertiary/aromatic N) is 2. The number of benzene rings is 5. The number of hydrogen-bond donors (Lipinski definition) is 0. The van der Waals surface area contributed by atoms with Crippen molar-refractivity contribution in [3.8, 4) is 0 Å². The van der Waals surface area contributed by atoms with E-state index in [4.69, 9.17) is 0 Å². The fourth-order valence-corrected chi connectivity index (χ4v) is 6.59. The third-order valence-corrected chi connectivity index (χ3v) is 9.44. The Balaban J connectivity index is 0.000000355. The Kier molecular flexibility index (Phi) is 12.8. The van der Waals surface area contributed by atoms with Crippen molar-refractivity contribution in [2.24, 2.45) is 0 Å². The van der Waals surface area contributed by atoms with Gasteiger partial charge in [-0.05, 0) is 0 Å². The predicted octanol–water partition coefficient (Wildman–Crippen LogP) is 8.56. The fourth-order valence-electron chi connectivity index (χ4n) is 6.59. The molecule has 328 valence electrons. The monoisotopic (exact) mass is 906 g/mol. The quantitative estimate of drug-likeness (QED) is 0.0539. The van der Waals surface area contributed by atoms with Crippen LogP contribution < -0.4 is 26.4 Å². The van der Waals surface area contributed by atoms with Gasteiger partial charge in [0.1, 0.15) is 58.4 Å². The lowest BCUT2D eigenvalue weighted by molar-refractivity contribution is -0.689. The van der Waals surface area contributed by atoms with Gasteiger partial charge < -0.3 is 0 Å². The van der Waals surface area contributed by atoms with Crippen LogP contribution in [0.3, 0.4) is 0 Å². The van der Waals surface area contributed by atoms with Crippen molar-refractivity contribution in [2.75, 3.05) is 0 Å². The molecule has 2 nitrogen and oxygen atoms in total. The van der Waals surface area contributed by atoms with Gasteiger partial charge in [0.25, 0.3) is 0 Å². The van der Waals surface area contributed by atoms with Crippen LogP contribution in [0.5, 0.6) is 0 Å². The third-order valence-electron chi connectivity index (χ3n) is 9.44. The molecule has 0 aliphatic carbocycles. The van der Waals surface area contributed by atoms with Crippen LogP contribution in [0.25, 0.3) is 0 Å². The van der Waals surface area contributed by atoms with Crippen molar-refractivity contribution in [1.82, 2.24) is 4.98 Å². The molecule has 0 spiro atoms. The second-order valence-electron chi connectivity index (χ2n) is 14.1. The Bertz CT molecular complexity index is 2370. The normalized spacial score (nSPS) is 11.9. The lowest BCUT2D eigenvalue weighted by atomic mass is 9.12. The molecule has 0 aliphatic rings. The van der Waals surface area contributed by atoms with Crippen LogP contribution >= 0.6 is 0 Å². The molecule has 0 atom stereocenters. The minimum atomic E-state index is -7.22. The van der Waals surface area contributed by atoms with E-state index in [0.29, 0.717) is 0 Å². The number of halogens is 20. The van der Waals surface area contributed by atoms with Gasteiger partial charge in [-0.2, -0.15) is 4.57 Å². The summed E-state index contributed by atoms with van der Waals surface area (Å²) in [5.41, 5.74) is -11.8. The Morgan fingerprint density at radius 1 is 0.403 bits per heavy atom. The molecule has 1 heterocycles. The summed E-state index contributed by atoms with van der Waals surface area (Å²) in [5.74, 6) is -71.4. The van der Waals surface area contributed by atoms with Gasteiger partial charge in [0.2, 0.25) is 0 Å². The van der Waals surface area contributed by atoms with Crippen molar-refractivity contribution in [3.05, 3.63) is 177 Å². The molecule has 0 unspecified atom stereocenters. The molecule has 5 aromatic carbocycles. The van der Waals surface area contributed by atoms with Crippen molar-refractivity contribution in [1.29, 1.82) is 0 Å². The van der Waals surface area contributed by atoms with Gasteiger partial charge in [0.05, 0.1) is 6.20 Å². The predicted molar refractivity (Wildman–Crippen MR) is 178 cm³/mol. The number of rotatable bonds is 6. The highest BCUT2D eigenvalue weighted by Gasteiger charge is 2.52. The van der Waals surface area contributed by atoms with Crippen LogP contribution in [0.1, 0.15) is 32.0 Å². The molecular formula is C39H19BF20N2. The van der Waals surface area contributed by atoms with E-state index in [9.17, 15) is 52.7 Å². The standard InChI is InChI=1S/C24BF20.C15H19N2/c26-5-1(6(27)14(35)21(42)13(5)34)25(2-7(28)15(36)22(43)16(37)8(2)29,3-9(30)17(38)23(44)18(39)10(3)31)4-11(32)19(40)24(45)20(41)12(4)33;1-15(2,3)14-12-17(10-9-16-14)11-13-7-5-4-6-8-13/h;4-10,12H,11H2,1-3H3/q-1;+1. The topological polar surface area (TPSA) is 16.8 Å². The van der Waals surface area contributed by atoms with Gasteiger partial charge in [0.15, 0.2) is 88.7 Å². The van der Waals surface area contributed by atoms with E-state index in [-0.39, 0.29) is 5.41 Å². The molecule has 0 N–H and O–H groups in total. The zero-order chi connectivity index (χ0) is 46.7. The Morgan fingerprint density at radius 2 is 0.661 bits per heavy atom. The second-order valence-corrected chi connectivity index (χ2v) is 14.1. The average molecular weight is 906 g/mol. The molecular weight excluding hydrogens is 887 g/mol. The maximum Gasteiger partial charge on any atom is 0.200 e. The Hall–Kier alpha value is -6.16. The van der Waals surface area contributed by atoms with Gasteiger partial charge in [-0.15, -0.1) is 21.9 Å². The minimum absolute atomic E-state index is 0.0969. The van der Waals surface area contributed by atoms with E-state index in [0.717, 1.165) is 12.2 Å². The maximum atomic E-state index is 15.4. The lowest BCUT2D eigenvalue weighted by Gasteiger charge is -2.44. The summed E-state index contributed by atoms with van der Waals surface area (Å²) in [6.45, 7) is 7.44. The molecule has 0 fully saturated rings. The van der Waals surface area contributed by atoms with E-state index >= 15 is 35.1 Å². The summed E-state index contributed by atoms with van der Waals surface area (Å²) < 4.78 is 296. The molecule has 23 heteroatoms. The summed E-state index contributed by atoms with van der Waals surface area (Å²) in [4.78, 5) is 4.43. The van der Waals surface area contributed by atoms with Crippen LogP contribution in [0.2, 0.25) is 0 Å². The minimum Gasteiger partial charge on any atom is -0.248 e. The maximum absolute atomic E-state index is 15.4. The van der Waals surface area contributed by atoms with Crippen LogP contribution in [0.15, 0.2) is 48.9 Å². The zero-order valence-corrected chi connectivity index (χ0v) is 30.9. The highest BCUT2D eigenvalue weighted by atomic mass is 19.2. The van der Waals surface area contributed by atoms with E-state index < -0.39 is 144 Å². The van der Waals surface area contributed by atoms with E-state index in [2.05, 4.69) is 60.8 Å². The highest BCUT2D eigenvalue weighted by molar-refractivity contribution is 7.20. The summed E-state index contributed by atoms with van der Waals surface area (Å²) in [5, 5.41) is 0. The zero-order valence-electron chi connectivity index (χ0n) is 30.9. The van der Waals surface area contributed by atoms with Crippen LogP contribution in [-0.2, 0) is 12.0 Å². The smallest absolute Gasteiger partial charge is 0.200 e. The van der Waals surface area contributed by atoms with Crippen molar-refractivity contribution >= 4 is 28.0 Å². The van der Waals surface area contributed by atoms with E-state index in [1.807, 2.05) is 18.5 Å². The summed E-state index contributed by atoms with van der Waals surface area (Å²) in [6.07, 6.45) is -1.19. The fraction of sp³-hybridized carbons (Fsp3) is 0.128. The Labute approximate surface area is 334 Å². The first-order valence-electron chi connectivity index (χ1n) is 16.9. The average Bonchev–Trinajstić information content (AvgIpc) is 3.24. The first kappa shape index (κ1) is 46.9. The van der Waals surface area contributed by atoms with Crippen LogP contribution in [0, 0.1) is 116 Å². The molecule has 1 aromatic heterocycles. The number of hydrogen-bond acceptors (Lipinski definition) is 1. The second kappa shape index (κ2) is 17.0. The van der Waals surface area contributed by atoms with E-state index in [1.54, 1.807) is 0 Å². The molecule has 0 saturated carbocycles. The SMILES string of the molecule is CC(C)(C)c1c[n+](Cc2ccccc2)ccn1.Fc1c(F)c(F)c([B-](c2c(F)c(F)c(F)c(F)c2F)(c2c(F)c(F)c(F)c(F)c2F)c2c(F)c(F)c(F)c(F)c2F)c(F)c1F. The van der Waals surface area contributed by atoms with Crippen LogP contribution in [0.4, 0.5) is 87.8 Å². The third kappa shape index (κ3) is 7.47. The van der Waals surface area contributed by atoms with Gasteiger partial charge >= 0.3 is 0 Å². The Morgan fingerprint density at radius 3 is 0.919 bits per heavy atom. The lowest BCUT2D eigenvalue weighted by Crippen LogP contribution is -2.81. The molecule has 0 aliphatic heterocycles. The van der Waals surface area contributed by atoms with Gasteiger partial charge in [-0.25, -0.2) is 92.8 Å². The van der Waals surface area contributed by atoms with Crippen molar-refractivity contribution < 1.29 is 92.4 Å². The van der Waals surface area contributed by atoms with Gasteiger partial charge in [0, 0.05) is 11.0 Å². The largest absolute Gasteiger partial charge is 0.248 e. The van der Waals surface area contributed by atoms with Gasteiger partial charge in [-0.3, -0.25) is 0 Å². The molecule has 62 heavy (non-hydrogen) atoms.